The van der Waals surface area contributed by atoms with E-state index in [-0.39, 0.29) is 11.9 Å². The van der Waals surface area contributed by atoms with Crippen LogP contribution in [0.2, 0.25) is 0 Å². The van der Waals surface area contributed by atoms with Gasteiger partial charge < -0.3 is 15.8 Å². The van der Waals surface area contributed by atoms with Crippen LogP contribution in [0.15, 0.2) is 24.3 Å². The van der Waals surface area contributed by atoms with Gasteiger partial charge in [-0.3, -0.25) is 4.79 Å². The van der Waals surface area contributed by atoms with Gasteiger partial charge in [-0.05, 0) is 26.0 Å². The highest BCUT2D eigenvalue weighted by atomic mass is 16.5. The lowest BCUT2D eigenvalue weighted by Gasteiger charge is -2.09. The van der Waals surface area contributed by atoms with E-state index in [1.807, 2.05) is 38.1 Å². The summed E-state index contributed by atoms with van der Waals surface area (Å²) in [5.74, 6) is 0.782. The molecular formula is C13H20N2O2. The van der Waals surface area contributed by atoms with E-state index >= 15 is 0 Å². The lowest BCUT2D eigenvalue weighted by Crippen LogP contribution is -2.32. The molecule has 0 saturated carbocycles. The molecule has 1 aromatic rings. The predicted octanol–water partition coefficient (Wildman–Crippen LogP) is 1.23. The van der Waals surface area contributed by atoms with Gasteiger partial charge in [0.1, 0.15) is 12.4 Å². The summed E-state index contributed by atoms with van der Waals surface area (Å²) in [5.41, 5.74) is 6.71. The van der Waals surface area contributed by atoms with Crippen LogP contribution < -0.4 is 15.8 Å². The van der Waals surface area contributed by atoms with Gasteiger partial charge in [0.2, 0.25) is 5.91 Å². The Morgan fingerprint density at radius 3 is 2.65 bits per heavy atom. The van der Waals surface area contributed by atoms with Crippen molar-refractivity contribution >= 4 is 5.91 Å². The quantitative estimate of drug-likeness (QED) is 0.730. The Kier molecular flexibility index (Phi) is 5.49. The molecule has 0 aliphatic heterocycles. The van der Waals surface area contributed by atoms with Gasteiger partial charge >= 0.3 is 0 Å². The SMILES string of the molecule is Cc1ccc(OCCNC(=O)CC(C)N)cc1. The molecule has 94 valence electrons. The number of rotatable bonds is 6. The molecule has 1 amide bonds. The maximum Gasteiger partial charge on any atom is 0.221 e. The Labute approximate surface area is 102 Å². The second-order valence-corrected chi connectivity index (χ2v) is 4.19. The summed E-state index contributed by atoms with van der Waals surface area (Å²) in [6.07, 6.45) is 0.352. The molecule has 0 bridgehead atoms. The van der Waals surface area contributed by atoms with E-state index in [9.17, 15) is 4.79 Å². The van der Waals surface area contributed by atoms with Crippen LogP contribution in [0.1, 0.15) is 18.9 Å². The van der Waals surface area contributed by atoms with Gasteiger partial charge in [-0.25, -0.2) is 0 Å². The van der Waals surface area contributed by atoms with Crippen LogP contribution in [0, 0.1) is 6.92 Å². The average molecular weight is 236 g/mol. The van der Waals surface area contributed by atoms with Crippen molar-refractivity contribution in [3.8, 4) is 5.75 Å². The molecular weight excluding hydrogens is 216 g/mol. The Bertz CT molecular complexity index is 347. The molecule has 1 rings (SSSR count). The summed E-state index contributed by atoms with van der Waals surface area (Å²) in [7, 11) is 0. The highest BCUT2D eigenvalue weighted by Gasteiger charge is 2.03. The van der Waals surface area contributed by atoms with Crippen molar-refractivity contribution in [1.82, 2.24) is 5.32 Å². The monoisotopic (exact) mass is 236 g/mol. The summed E-state index contributed by atoms with van der Waals surface area (Å²) < 4.78 is 5.47. The third-order valence-electron chi connectivity index (χ3n) is 2.22. The van der Waals surface area contributed by atoms with Crippen LogP contribution in [0.25, 0.3) is 0 Å². The van der Waals surface area contributed by atoms with Crippen LogP contribution in [0.5, 0.6) is 5.75 Å². The minimum atomic E-state index is -0.104. The fraction of sp³-hybridized carbons (Fsp3) is 0.462. The summed E-state index contributed by atoms with van der Waals surface area (Å²) in [4.78, 5) is 11.3. The molecule has 4 heteroatoms. The topological polar surface area (TPSA) is 64.3 Å². The first-order chi connectivity index (χ1) is 8.08. The Morgan fingerprint density at radius 1 is 1.41 bits per heavy atom. The van der Waals surface area contributed by atoms with Crippen molar-refractivity contribution < 1.29 is 9.53 Å². The van der Waals surface area contributed by atoms with E-state index in [2.05, 4.69) is 5.32 Å². The number of hydrogen-bond acceptors (Lipinski definition) is 3. The molecule has 0 aliphatic rings. The Hall–Kier alpha value is -1.55. The van der Waals surface area contributed by atoms with Gasteiger partial charge in [0.15, 0.2) is 0 Å². The van der Waals surface area contributed by atoms with Crippen molar-refractivity contribution in [2.24, 2.45) is 5.73 Å². The standard InChI is InChI=1S/C13H20N2O2/c1-10-3-5-12(6-4-10)17-8-7-15-13(16)9-11(2)14/h3-6,11H,7-9,14H2,1-2H3,(H,15,16). The first-order valence-corrected chi connectivity index (χ1v) is 5.79. The number of nitrogens with two attached hydrogens (primary N) is 1. The highest BCUT2D eigenvalue weighted by molar-refractivity contribution is 5.76. The fourth-order valence-electron chi connectivity index (χ4n) is 1.36. The molecule has 0 aromatic heterocycles. The first kappa shape index (κ1) is 13.5. The third kappa shape index (κ3) is 5.92. The minimum Gasteiger partial charge on any atom is -0.492 e. The lowest BCUT2D eigenvalue weighted by atomic mass is 10.2. The molecule has 3 N–H and O–H groups in total. The van der Waals surface area contributed by atoms with E-state index in [1.165, 1.54) is 5.56 Å². The number of aryl methyl sites for hydroxylation is 1. The lowest BCUT2D eigenvalue weighted by molar-refractivity contribution is -0.121. The highest BCUT2D eigenvalue weighted by Crippen LogP contribution is 2.10. The smallest absolute Gasteiger partial charge is 0.221 e. The second kappa shape index (κ2) is 6.91. The second-order valence-electron chi connectivity index (χ2n) is 4.19. The zero-order chi connectivity index (χ0) is 12.7. The van der Waals surface area contributed by atoms with Crippen molar-refractivity contribution in [2.75, 3.05) is 13.2 Å². The van der Waals surface area contributed by atoms with Crippen LogP contribution in [-0.4, -0.2) is 25.1 Å². The number of benzene rings is 1. The number of hydrogen-bond donors (Lipinski definition) is 2. The molecule has 17 heavy (non-hydrogen) atoms. The maximum absolute atomic E-state index is 11.3. The van der Waals surface area contributed by atoms with Crippen molar-refractivity contribution in [1.29, 1.82) is 0 Å². The number of carbonyl (C=O) groups is 1. The maximum atomic E-state index is 11.3. The average Bonchev–Trinajstić information content (AvgIpc) is 2.26. The van der Waals surface area contributed by atoms with Gasteiger partial charge in [0.05, 0.1) is 6.54 Å². The van der Waals surface area contributed by atoms with E-state index < -0.39 is 0 Å². The largest absolute Gasteiger partial charge is 0.492 e. The van der Waals surface area contributed by atoms with Crippen LogP contribution in [0.3, 0.4) is 0 Å². The van der Waals surface area contributed by atoms with Crippen LogP contribution in [-0.2, 0) is 4.79 Å². The van der Waals surface area contributed by atoms with Crippen molar-refractivity contribution in [2.45, 2.75) is 26.3 Å². The van der Waals surface area contributed by atoms with Gasteiger partial charge in [-0.1, -0.05) is 17.7 Å². The number of ether oxygens (including phenoxy) is 1. The van der Waals surface area contributed by atoms with E-state index in [0.29, 0.717) is 19.6 Å². The summed E-state index contributed by atoms with van der Waals surface area (Å²) in [6.45, 7) is 4.80. The summed E-state index contributed by atoms with van der Waals surface area (Å²) in [6, 6.07) is 7.71. The molecule has 0 saturated heterocycles. The molecule has 1 unspecified atom stereocenters. The third-order valence-corrected chi connectivity index (χ3v) is 2.22. The summed E-state index contributed by atoms with van der Waals surface area (Å²) in [5, 5.41) is 2.75. The van der Waals surface area contributed by atoms with E-state index in [0.717, 1.165) is 5.75 Å². The molecule has 1 atom stereocenters. The molecule has 0 spiro atoms. The zero-order valence-corrected chi connectivity index (χ0v) is 10.4. The molecule has 0 radical (unpaired) electrons. The summed E-state index contributed by atoms with van der Waals surface area (Å²) >= 11 is 0. The Balaban J connectivity index is 2.16. The molecule has 1 aromatic carbocycles. The van der Waals surface area contributed by atoms with E-state index in [1.54, 1.807) is 0 Å². The number of carbonyl (C=O) groups excluding carboxylic acids is 1. The van der Waals surface area contributed by atoms with Gasteiger partial charge in [-0.2, -0.15) is 0 Å². The zero-order valence-electron chi connectivity index (χ0n) is 10.4. The van der Waals surface area contributed by atoms with Gasteiger partial charge in [-0.15, -0.1) is 0 Å². The first-order valence-electron chi connectivity index (χ1n) is 5.79. The molecule has 0 aliphatic carbocycles. The van der Waals surface area contributed by atoms with Gasteiger partial charge in [0.25, 0.3) is 0 Å². The number of amides is 1. The fourth-order valence-corrected chi connectivity index (χ4v) is 1.36. The Morgan fingerprint density at radius 2 is 2.06 bits per heavy atom. The molecule has 0 fully saturated rings. The predicted molar refractivity (Wildman–Crippen MR) is 68.0 cm³/mol. The van der Waals surface area contributed by atoms with Crippen LogP contribution >= 0.6 is 0 Å². The van der Waals surface area contributed by atoms with Crippen LogP contribution in [0.4, 0.5) is 0 Å². The van der Waals surface area contributed by atoms with Gasteiger partial charge in [0, 0.05) is 12.5 Å². The van der Waals surface area contributed by atoms with E-state index in [4.69, 9.17) is 10.5 Å². The minimum absolute atomic E-state index is 0.0347. The van der Waals surface area contributed by atoms with Crippen molar-refractivity contribution in [3.05, 3.63) is 29.8 Å². The molecule has 4 nitrogen and oxygen atoms in total. The molecule has 0 heterocycles. The van der Waals surface area contributed by atoms with Crippen molar-refractivity contribution in [3.63, 3.8) is 0 Å². The number of nitrogens with one attached hydrogen (secondary N) is 1. The normalized spacial score (nSPS) is 11.9.